The van der Waals surface area contributed by atoms with Gasteiger partial charge in [0.25, 0.3) is 0 Å². The summed E-state index contributed by atoms with van der Waals surface area (Å²) < 4.78 is 0. The molecule has 3 N–H and O–H groups in total. The number of halogens is 1. The number of aromatic nitrogens is 1. The maximum absolute atomic E-state index is 11.2. The average Bonchev–Trinajstić information content (AvgIpc) is 3.15. The summed E-state index contributed by atoms with van der Waals surface area (Å²) >= 11 is 1.71. The van der Waals surface area contributed by atoms with Crippen molar-refractivity contribution >= 4 is 47.2 Å². The third kappa shape index (κ3) is 7.58. The van der Waals surface area contributed by atoms with Gasteiger partial charge in [-0.1, -0.05) is 30.3 Å². The molecule has 1 unspecified atom stereocenters. The monoisotopic (exact) mass is 527 g/mol. The number of thiazole rings is 1. The Morgan fingerprint density at radius 1 is 1.34 bits per heavy atom. The molecule has 1 saturated heterocycles. The first kappa shape index (κ1) is 23.6. The number of likely N-dealkylation sites (tertiary alicyclic amines) is 1. The first-order valence-electron chi connectivity index (χ1n) is 9.85. The number of hydrogen-bond donors (Lipinski definition) is 2. The number of guanidine groups is 1. The molecule has 1 atom stereocenters. The second-order valence-corrected chi connectivity index (χ2v) is 8.19. The van der Waals surface area contributed by atoms with E-state index in [0.717, 1.165) is 55.4 Å². The van der Waals surface area contributed by atoms with E-state index in [1.54, 1.807) is 18.4 Å². The molecular weight excluding hydrogens is 497 g/mol. The Bertz CT molecular complexity index is 795. The van der Waals surface area contributed by atoms with E-state index >= 15 is 0 Å². The number of nitrogens with one attached hydrogen (secondary N) is 1. The molecular formula is C21H30IN5OS. The second kappa shape index (κ2) is 12.1. The van der Waals surface area contributed by atoms with Crippen LogP contribution in [0.3, 0.4) is 0 Å². The largest absolute Gasteiger partial charge is 0.370 e. The molecule has 2 aromatic rings. The highest BCUT2D eigenvalue weighted by molar-refractivity contribution is 14.0. The van der Waals surface area contributed by atoms with Crippen LogP contribution >= 0.6 is 35.3 Å². The number of nitrogens with zero attached hydrogens (tertiary/aromatic N) is 3. The molecule has 1 aromatic carbocycles. The lowest BCUT2D eigenvalue weighted by Crippen LogP contribution is -2.46. The van der Waals surface area contributed by atoms with Crippen LogP contribution < -0.4 is 11.1 Å². The zero-order valence-electron chi connectivity index (χ0n) is 16.8. The summed E-state index contributed by atoms with van der Waals surface area (Å²) in [4.78, 5) is 22.6. The number of carbonyl (C=O) groups excluding carboxylic acids is 1. The maximum Gasteiger partial charge on any atom is 0.217 e. The Hall–Kier alpha value is -1.68. The highest BCUT2D eigenvalue weighted by Crippen LogP contribution is 2.19. The van der Waals surface area contributed by atoms with E-state index in [0.29, 0.717) is 18.9 Å². The number of piperidine rings is 1. The van der Waals surface area contributed by atoms with Gasteiger partial charge in [-0.2, -0.15) is 0 Å². The highest BCUT2D eigenvalue weighted by Gasteiger charge is 2.23. The fourth-order valence-electron chi connectivity index (χ4n) is 3.65. The Morgan fingerprint density at radius 2 is 2.14 bits per heavy atom. The first-order chi connectivity index (χ1) is 13.6. The zero-order chi connectivity index (χ0) is 19.8. The molecule has 1 aliphatic rings. The van der Waals surface area contributed by atoms with E-state index in [9.17, 15) is 4.79 Å². The van der Waals surface area contributed by atoms with Gasteiger partial charge in [-0.25, -0.2) is 4.98 Å². The number of rotatable bonds is 7. The van der Waals surface area contributed by atoms with Crippen molar-refractivity contribution in [3.05, 3.63) is 52.0 Å². The third-order valence-electron chi connectivity index (χ3n) is 5.02. The number of aliphatic imine (C=N–C) groups is 1. The lowest BCUT2D eigenvalue weighted by Gasteiger charge is -2.34. The molecule has 29 heavy (non-hydrogen) atoms. The molecule has 0 bridgehead atoms. The van der Waals surface area contributed by atoms with E-state index in [-0.39, 0.29) is 29.9 Å². The molecule has 1 fully saturated rings. The van der Waals surface area contributed by atoms with Gasteiger partial charge in [-0.05, 0) is 30.7 Å². The summed E-state index contributed by atoms with van der Waals surface area (Å²) in [5, 5.41) is 6.70. The molecule has 0 spiro atoms. The number of carbonyl (C=O) groups is 1. The van der Waals surface area contributed by atoms with Crippen LogP contribution in [0.15, 0.2) is 40.7 Å². The third-order valence-corrected chi connectivity index (χ3v) is 5.97. The SMILES string of the molecule is CN=C(NCc1csc(CCc2ccccc2)n1)N1CCCC(CC(N)=O)C1.I. The standard InChI is InChI=1S/C21H29N5OS.HI/c1-23-21(26-11-5-8-17(14-26)12-19(22)27)24-13-18-15-28-20(25-18)10-9-16-6-3-2-4-7-16;/h2-4,6-7,15,17H,5,8-14H2,1H3,(H2,22,27)(H,23,24);1H. The molecule has 0 radical (unpaired) electrons. The van der Waals surface area contributed by atoms with Gasteiger partial charge in [0, 0.05) is 38.4 Å². The number of benzene rings is 1. The summed E-state index contributed by atoms with van der Waals surface area (Å²) in [5.41, 5.74) is 7.75. The number of hydrogen-bond acceptors (Lipinski definition) is 4. The predicted molar refractivity (Wildman–Crippen MR) is 130 cm³/mol. The fourth-order valence-corrected chi connectivity index (χ4v) is 4.45. The maximum atomic E-state index is 11.2. The van der Waals surface area contributed by atoms with Gasteiger partial charge in [0.2, 0.25) is 5.91 Å². The van der Waals surface area contributed by atoms with E-state index in [1.807, 2.05) is 6.07 Å². The van der Waals surface area contributed by atoms with Gasteiger partial charge in [-0.15, -0.1) is 35.3 Å². The van der Waals surface area contributed by atoms with Gasteiger partial charge in [0.15, 0.2) is 5.96 Å². The van der Waals surface area contributed by atoms with Crippen LogP contribution in [0, 0.1) is 5.92 Å². The van der Waals surface area contributed by atoms with Crippen LogP contribution in [0.25, 0.3) is 0 Å². The van der Waals surface area contributed by atoms with Crippen molar-refractivity contribution in [2.75, 3.05) is 20.1 Å². The van der Waals surface area contributed by atoms with Crippen molar-refractivity contribution in [3.63, 3.8) is 0 Å². The molecule has 6 nitrogen and oxygen atoms in total. The van der Waals surface area contributed by atoms with Crippen LogP contribution in [0.2, 0.25) is 0 Å². The number of nitrogens with two attached hydrogens (primary N) is 1. The first-order valence-corrected chi connectivity index (χ1v) is 10.7. The van der Waals surface area contributed by atoms with Gasteiger partial charge in [0.1, 0.15) is 0 Å². The topological polar surface area (TPSA) is 83.6 Å². The van der Waals surface area contributed by atoms with Crippen LogP contribution in [0.5, 0.6) is 0 Å². The minimum atomic E-state index is -0.222. The summed E-state index contributed by atoms with van der Waals surface area (Å²) in [5.74, 6) is 0.960. The summed E-state index contributed by atoms with van der Waals surface area (Å²) in [7, 11) is 1.80. The quantitative estimate of drug-likeness (QED) is 0.329. The summed E-state index contributed by atoms with van der Waals surface area (Å²) in [6, 6.07) is 10.5. The van der Waals surface area contributed by atoms with Crippen molar-refractivity contribution in [3.8, 4) is 0 Å². The predicted octanol–water partition coefficient (Wildman–Crippen LogP) is 3.21. The van der Waals surface area contributed by atoms with Crippen LogP contribution in [0.1, 0.15) is 35.5 Å². The Kier molecular flexibility index (Phi) is 9.86. The summed E-state index contributed by atoms with van der Waals surface area (Å²) in [6.07, 6.45) is 4.53. The molecule has 8 heteroatoms. The highest BCUT2D eigenvalue weighted by atomic mass is 127. The Morgan fingerprint density at radius 3 is 2.86 bits per heavy atom. The molecule has 1 amide bonds. The van der Waals surface area contributed by atoms with E-state index in [2.05, 4.69) is 44.9 Å². The minimum absolute atomic E-state index is 0. The van der Waals surface area contributed by atoms with Gasteiger partial charge >= 0.3 is 0 Å². The Labute approximate surface area is 194 Å². The Balaban J connectivity index is 0.00000300. The van der Waals surface area contributed by atoms with Crippen LogP contribution in [-0.4, -0.2) is 41.9 Å². The molecule has 1 aromatic heterocycles. The van der Waals surface area contributed by atoms with E-state index in [4.69, 9.17) is 10.7 Å². The minimum Gasteiger partial charge on any atom is -0.370 e. The van der Waals surface area contributed by atoms with E-state index < -0.39 is 0 Å². The van der Waals surface area contributed by atoms with Crippen molar-refractivity contribution in [1.29, 1.82) is 0 Å². The molecule has 158 valence electrons. The number of aryl methyl sites for hydroxylation is 2. The van der Waals surface area contributed by atoms with Gasteiger partial charge in [-0.3, -0.25) is 9.79 Å². The molecule has 2 heterocycles. The molecule has 1 aliphatic heterocycles. The van der Waals surface area contributed by atoms with Crippen molar-refractivity contribution in [2.24, 2.45) is 16.6 Å². The number of amides is 1. The molecule has 0 saturated carbocycles. The van der Waals surface area contributed by atoms with Gasteiger partial charge < -0.3 is 16.0 Å². The van der Waals surface area contributed by atoms with E-state index in [1.165, 1.54) is 5.56 Å². The normalized spacial score (nSPS) is 16.9. The van der Waals surface area contributed by atoms with Gasteiger partial charge in [0.05, 0.1) is 17.2 Å². The lowest BCUT2D eigenvalue weighted by atomic mass is 9.95. The fraction of sp³-hybridized carbons (Fsp3) is 0.476. The average molecular weight is 527 g/mol. The lowest BCUT2D eigenvalue weighted by molar-refractivity contribution is -0.119. The van der Waals surface area contributed by atoms with Crippen LogP contribution in [-0.2, 0) is 24.2 Å². The summed E-state index contributed by atoms with van der Waals surface area (Å²) in [6.45, 7) is 2.43. The van der Waals surface area contributed by atoms with Crippen molar-refractivity contribution < 1.29 is 4.79 Å². The second-order valence-electron chi connectivity index (χ2n) is 7.24. The molecule has 0 aliphatic carbocycles. The number of primary amides is 1. The smallest absolute Gasteiger partial charge is 0.217 e. The zero-order valence-corrected chi connectivity index (χ0v) is 20.0. The van der Waals surface area contributed by atoms with Crippen molar-refractivity contribution in [2.45, 2.75) is 38.6 Å². The van der Waals surface area contributed by atoms with Crippen molar-refractivity contribution in [1.82, 2.24) is 15.2 Å². The van der Waals surface area contributed by atoms with Crippen LogP contribution in [0.4, 0.5) is 0 Å². The molecule has 3 rings (SSSR count).